The normalized spacial score (nSPS) is 20.9. The molecule has 7 nitrogen and oxygen atoms in total. The fourth-order valence-electron chi connectivity index (χ4n) is 4.11. The molecule has 1 aliphatic heterocycles. The van der Waals surface area contributed by atoms with Crippen molar-refractivity contribution in [3.8, 4) is 5.75 Å². The topological polar surface area (TPSA) is 86.5 Å². The summed E-state index contributed by atoms with van der Waals surface area (Å²) in [5.41, 5.74) is 1.52. The van der Waals surface area contributed by atoms with E-state index >= 15 is 0 Å². The average molecular weight is 371 g/mol. The summed E-state index contributed by atoms with van der Waals surface area (Å²) < 4.78 is 16.6. The van der Waals surface area contributed by atoms with Crippen molar-refractivity contribution in [1.82, 2.24) is 15.5 Å². The molecule has 1 N–H and O–H groups in total. The number of fused-ring (bicyclic) bond motifs is 1. The number of aromatic nitrogens is 2. The van der Waals surface area contributed by atoms with E-state index < -0.39 is 5.54 Å². The Morgan fingerprint density at radius 1 is 1.37 bits per heavy atom. The van der Waals surface area contributed by atoms with Crippen LogP contribution in [0.5, 0.6) is 5.75 Å². The number of carbonyl (C=O) groups is 1. The van der Waals surface area contributed by atoms with Crippen molar-refractivity contribution in [2.45, 2.75) is 50.5 Å². The van der Waals surface area contributed by atoms with Gasteiger partial charge in [-0.3, -0.25) is 4.79 Å². The van der Waals surface area contributed by atoms with Gasteiger partial charge in [0.05, 0.1) is 13.0 Å². The lowest BCUT2D eigenvalue weighted by Crippen LogP contribution is -2.51. The largest absolute Gasteiger partial charge is 0.496 e. The van der Waals surface area contributed by atoms with E-state index in [-0.39, 0.29) is 11.8 Å². The summed E-state index contributed by atoms with van der Waals surface area (Å²) >= 11 is 0. The van der Waals surface area contributed by atoms with Crippen molar-refractivity contribution in [3.63, 3.8) is 0 Å². The summed E-state index contributed by atoms with van der Waals surface area (Å²) in [6.07, 6.45) is 3.59. The maximum Gasteiger partial charge on any atom is 0.252 e. The Kier molecular flexibility index (Phi) is 4.86. The minimum Gasteiger partial charge on any atom is -0.496 e. The number of aryl methyl sites for hydroxylation is 2. The molecule has 0 radical (unpaired) electrons. The number of nitrogens with one attached hydrogen (secondary N) is 1. The highest BCUT2D eigenvalue weighted by Crippen LogP contribution is 2.41. The molecule has 1 atom stereocenters. The zero-order chi connectivity index (χ0) is 18.9. The van der Waals surface area contributed by atoms with Gasteiger partial charge in [-0.1, -0.05) is 24.2 Å². The second kappa shape index (κ2) is 7.31. The molecule has 7 heteroatoms. The molecule has 1 aromatic carbocycles. The van der Waals surface area contributed by atoms with E-state index in [0.717, 1.165) is 24.2 Å². The van der Waals surface area contributed by atoms with Gasteiger partial charge in [0.2, 0.25) is 5.91 Å². The highest BCUT2D eigenvalue weighted by Gasteiger charge is 2.43. The number of hydrogen-bond donors (Lipinski definition) is 1. The third kappa shape index (κ3) is 3.20. The van der Waals surface area contributed by atoms with E-state index in [1.54, 1.807) is 7.11 Å². The Morgan fingerprint density at radius 3 is 2.89 bits per heavy atom. The molecule has 2 aromatic rings. The second-order valence-corrected chi connectivity index (χ2v) is 7.18. The lowest BCUT2D eigenvalue weighted by atomic mass is 9.88. The molecule has 1 fully saturated rings. The molecule has 2 heterocycles. The van der Waals surface area contributed by atoms with Gasteiger partial charge in [-0.05, 0) is 24.5 Å². The number of hydrogen-bond acceptors (Lipinski definition) is 6. The smallest absolute Gasteiger partial charge is 0.252 e. The first-order chi connectivity index (χ1) is 13.2. The number of carbonyl (C=O) groups excluding carboxylic acids is 1. The summed E-state index contributed by atoms with van der Waals surface area (Å²) in [7, 11) is 1.65. The highest BCUT2D eigenvalue weighted by molar-refractivity contribution is 5.86. The molecule has 0 bridgehead atoms. The van der Waals surface area contributed by atoms with E-state index in [1.165, 1.54) is 5.56 Å². The Bertz CT molecular complexity index is 826. The summed E-state index contributed by atoms with van der Waals surface area (Å²) in [6.45, 7) is 3.08. The molecule has 2 aliphatic rings. The molecule has 144 valence electrons. The van der Waals surface area contributed by atoms with Crippen molar-refractivity contribution in [2.75, 3.05) is 20.3 Å². The molecule has 0 spiro atoms. The highest BCUT2D eigenvalue weighted by atomic mass is 16.5. The molecule has 1 aromatic heterocycles. The van der Waals surface area contributed by atoms with Gasteiger partial charge in [0.1, 0.15) is 11.3 Å². The Balaban J connectivity index is 1.63. The van der Waals surface area contributed by atoms with Gasteiger partial charge >= 0.3 is 0 Å². The van der Waals surface area contributed by atoms with Crippen LogP contribution in [0.2, 0.25) is 0 Å². The molecule has 1 aliphatic carbocycles. The first-order valence-electron chi connectivity index (χ1n) is 9.55. The summed E-state index contributed by atoms with van der Waals surface area (Å²) in [4.78, 5) is 17.8. The Hall–Kier alpha value is -2.41. The van der Waals surface area contributed by atoms with Crippen LogP contribution in [0.25, 0.3) is 0 Å². The quantitative estimate of drug-likeness (QED) is 0.869. The van der Waals surface area contributed by atoms with Gasteiger partial charge < -0.3 is 19.3 Å². The van der Waals surface area contributed by atoms with Crippen LogP contribution in [0.4, 0.5) is 0 Å². The van der Waals surface area contributed by atoms with E-state index in [2.05, 4.69) is 21.5 Å². The van der Waals surface area contributed by atoms with Gasteiger partial charge in [0, 0.05) is 38.0 Å². The molecular weight excluding hydrogens is 346 g/mol. The van der Waals surface area contributed by atoms with Crippen molar-refractivity contribution in [2.24, 2.45) is 0 Å². The summed E-state index contributed by atoms with van der Waals surface area (Å²) in [6, 6.07) is 5.96. The lowest BCUT2D eigenvalue weighted by Gasteiger charge is -2.35. The van der Waals surface area contributed by atoms with Gasteiger partial charge in [0.25, 0.3) is 5.89 Å². The number of ether oxygens (including phenoxy) is 2. The number of nitrogens with zero attached hydrogens (tertiary/aromatic N) is 2. The van der Waals surface area contributed by atoms with Crippen LogP contribution in [0.1, 0.15) is 54.9 Å². The predicted molar refractivity (Wildman–Crippen MR) is 97.6 cm³/mol. The minimum atomic E-state index is -0.666. The van der Waals surface area contributed by atoms with Crippen LogP contribution in [0, 0.1) is 0 Å². The molecule has 1 saturated heterocycles. The van der Waals surface area contributed by atoms with Crippen molar-refractivity contribution in [1.29, 1.82) is 0 Å². The fraction of sp³-hybridized carbons (Fsp3) is 0.550. The van der Waals surface area contributed by atoms with E-state index in [0.29, 0.717) is 44.2 Å². The molecule has 4 rings (SSSR count). The van der Waals surface area contributed by atoms with Crippen LogP contribution in [0.3, 0.4) is 0 Å². The molecular formula is C20H25N3O4. The molecule has 0 saturated carbocycles. The SMILES string of the molecule is CCc1noc(C2(NC(=O)[C@H]3CCc4cccc(OC)c43)CCOCC2)n1. The Labute approximate surface area is 158 Å². The maximum atomic E-state index is 13.3. The van der Waals surface area contributed by atoms with Gasteiger partial charge in [0.15, 0.2) is 5.82 Å². The van der Waals surface area contributed by atoms with Crippen molar-refractivity contribution >= 4 is 5.91 Å². The van der Waals surface area contributed by atoms with Gasteiger partial charge in [-0.2, -0.15) is 4.98 Å². The molecule has 1 amide bonds. The summed E-state index contributed by atoms with van der Waals surface area (Å²) in [5.74, 6) is 1.66. The van der Waals surface area contributed by atoms with E-state index in [1.807, 2.05) is 19.1 Å². The zero-order valence-electron chi connectivity index (χ0n) is 15.8. The van der Waals surface area contributed by atoms with Crippen LogP contribution in [0.15, 0.2) is 22.7 Å². The monoisotopic (exact) mass is 371 g/mol. The average Bonchev–Trinajstić information content (AvgIpc) is 3.36. The van der Waals surface area contributed by atoms with Gasteiger partial charge in [-0.15, -0.1) is 0 Å². The lowest BCUT2D eigenvalue weighted by molar-refractivity contribution is -0.126. The predicted octanol–water partition coefficient (Wildman–Crippen LogP) is 2.49. The maximum absolute atomic E-state index is 13.3. The fourth-order valence-corrected chi connectivity index (χ4v) is 4.11. The van der Waals surface area contributed by atoms with E-state index in [9.17, 15) is 4.79 Å². The zero-order valence-corrected chi connectivity index (χ0v) is 15.8. The van der Waals surface area contributed by atoms with Crippen LogP contribution >= 0.6 is 0 Å². The standard InChI is InChI=1S/C20H25N3O4/c1-3-16-21-19(27-23-16)20(9-11-26-12-10-20)22-18(24)14-8-7-13-5-4-6-15(25-2)17(13)14/h4-6,14H,3,7-12H2,1-2H3,(H,22,24)/t14-/m0/s1. The first kappa shape index (κ1) is 18.0. The number of benzene rings is 1. The van der Waals surface area contributed by atoms with Crippen LogP contribution in [-0.2, 0) is 27.9 Å². The van der Waals surface area contributed by atoms with Crippen LogP contribution < -0.4 is 10.1 Å². The Morgan fingerprint density at radius 2 is 2.19 bits per heavy atom. The van der Waals surface area contributed by atoms with Crippen molar-refractivity contribution < 1.29 is 18.8 Å². The first-order valence-corrected chi connectivity index (χ1v) is 9.55. The third-order valence-electron chi connectivity index (χ3n) is 5.65. The van der Waals surface area contributed by atoms with Crippen LogP contribution in [-0.4, -0.2) is 36.4 Å². The van der Waals surface area contributed by atoms with Crippen molar-refractivity contribution in [3.05, 3.63) is 41.0 Å². The number of methoxy groups -OCH3 is 1. The van der Waals surface area contributed by atoms with E-state index in [4.69, 9.17) is 14.0 Å². The number of rotatable bonds is 5. The molecule has 0 unspecified atom stereocenters. The third-order valence-corrected chi connectivity index (χ3v) is 5.65. The van der Waals surface area contributed by atoms with Gasteiger partial charge in [-0.25, -0.2) is 0 Å². The second-order valence-electron chi connectivity index (χ2n) is 7.18. The minimum absolute atomic E-state index is 0.0172. The summed E-state index contributed by atoms with van der Waals surface area (Å²) in [5, 5.41) is 7.27. The number of amides is 1. The molecule has 27 heavy (non-hydrogen) atoms.